The molecule has 2 aromatic rings. The first-order chi connectivity index (χ1) is 9.13. The molecule has 0 amide bonds. The molecule has 2 rings (SSSR count). The fourth-order valence-electron chi connectivity index (χ4n) is 1.95. The van der Waals surface area contributed by atoms with Crippen LogP contribution in [-0.4, -0.2) is 11.5 Å². The number of aryl methyl sites for hydroxylation is 1. The lowest BCUT2D eigenvalue weighted by molar-refractivity contribution is 0.103. The SMILES string of the molecule is CCSc1ccc(C)cc1C(=O)c1ccccc1N. The molecule has 2 N–H and O–H groups in total. The van der Waals surface area contributed by atoms with E-state index < -0.39 is 0 Å². The molecule has 0 heterocycles. The van der Waals surface area contributed by atoms with Gasteiger partial charge < -0.3 is 5.73 Å². The number of carbonyl (C=O) groups is 1. The van der Waals surface area contributed by atoms with E-state index in [1.54, 1.807) is 23.9 Å². The van der Waals surface area contributed by atoms with Crippen molar-refractivity contribution in [3.05, 3.63) is 59.2 Å². The van der Waals surface area contributed by atoms with E-state index in [1.807, 2.05) is 37.3 Å². The highest BCUT2D eigenvalue weighted by Crippen LogP contribution is 2.27. The second kappa shape index (κ2) is 5.93. The average Bonchev–Trinajstić information content (AvgIpc) is 2.41. The highest BCUT2D eigenvalue weighted by atomic mass is 32.2. The van der Waals surface area contributed by atoms with E-state index in [1.165, 1.54) is 0 Å². The van der Waals surface area contributed by atoms with Crippen molar-refractivity contribution in [1.29, 1.82) is 0 Å². The Morgan fingerprint density at radius 2 is 1.89 bits per heavy atom. The molecular formula is C16H17NOS. The Bertz CT molecular complexity index is 607. The Morgan fingerprint density at radius 1 is 1.16 bits per heavy atom. The summed E-state index contributed by atoms with van der Waals surface area (Å²) < 4.78 is 0. The molecule has 0 radical (unpaired) electrons. The number of hydrogen-bond acceptors (Lipinski definition) is 3. The minimum Gasteiger partial charge on any atom is -0.398 e. The second-order valence-corrected chi connectivity index (χ2v) is 5.65. The third-order valence-corrected chi connectivity index (χ3v) is 3.84. The lowest BCUT2D eigenvalue weighted by atomic mass is 10.0. The van der Waals surface area contributed by atoms with Gasteiger partial charge in [0, 0.05) is 21.7 Å². The fraction of sp³-hybridized carbons (Fsp3) is 0.188. The maximum Gasteiger partial charge on any atom is 0.196 e. The van der Waals surface area contributed by atoms with E-state index >= 15 is 0 Å². The maximum absolute atomic E-state index is 12.6. The van der Waals surface area contributed by atoms with Gasteiger partial charge in [-0.1, -0.05) is 30.7 Å². The second-order valence-electron chi connectivity index (χ2n) is 4.35. The molecule has 0 aliphatic carbocycles. The van der Waals surface area contributed by atoms with Gasteiger partial charge in [0.15, 0.2) is 5.78 Å². The number of hydrogen-bond donors (Lipinski definition) is 1. The molecule has 0 aliphatic heterocycles. The molecule has 0 aromatic heterocycles. The molecule has 0 fully saturated rings. The summed E-state index contributed by atoms with van der Waals surface area (Å²) in [5, 5.41) is 0. The van der Waals surface area contributed by atoms with Gasteiger partial charge in [-0.05, 0) is 36.9 Å². The molecule has 0 saturated heterocycles. The van der Waals surface area contributed by atoms with Crippen LogP contribution in [0.15, 0.2) is 47.4 Å². The molecule has 0 unspecified atom stereocenters. The normalized spacial score (nSPS) is 10.4. The smallest absolute Gasteiger partial charge is 0.196 e. The Hall–Kier alpha value is -1.74. The number of nitrogens with two attached hydrogens (primary N) is 1. The highest BCUT2D eigenvalue weighted by molar-refractivity contribution is 7.99. The standard InChI is InChI=1S/C16H17NOS/c1-3-19-15-9-8-11(2)10-13(15)16(18)12-6-4-5-7-14(12)17/h4-10H,3,17H2,1-2H3. The molecule has 0 atom stereocenters. The van der Waals surface area contributed by atoms with Crippen LogP contribution >= 0.6 is 11.8 Å². The first kappa shape index (κ1) is 13.7. The average molecular weight is 271 g/mol. The van der Waals surface area contributed by atoms with Crippen molar-refractivity contribution in [2.24, 2.45) is 0 Å². The minimum atomic E-state index is -0.00208. The number of benzene rings is 2. The number of para-hydroxylation sites is 1. The summed E-state index contributed by atoms with van der Waals surface area (Å²) in [5.74, 6) is 0.936. The van der Waals surface area contributed by atoms with Crippen molar-refractivity contribution in [2.75, 3.05) is 11.5 Å². The van der Waals surface area contributed by atoms with Gasteiger partial charge in [0.1, 0.15) is 0 Å². The lowest BCUT2D eigenvalue weighted by Gasteiger charge is -2.10. The lowest BCUT2D eigenvalue weighted by Crippen LogP contribution is -2.07. The summed E-state index contributed by atoms with van der Waals surface area (Å²) in [6.45, 7) is 4.07. The van der Waals surface area contributed by atoms with Crippen LogP contribution in [-0.2, 0) is 0 Å². The van der Waals surface area contributed by atoms with Crippen LogP contribution in [0.25, 0.3) is 0 Å². The molecule has 2 nitrogen and oxygen atoms in total. The van der Waals surface area contributed by atoms with E-state index in [0.29, 0.717) is 11.3 Å². The largest absolute Gasteiger partial charge is 0.398 e. The zero-order valence-electron chi connectivity index (χ0n) is 11.1. The zero-order valence-corrected chi connectivity index (χ0v) is 12.0. The molecule has 98 valence electrons. The highest BCUT2D eigenvalue weighted by Gasteiger charge is 2.15. The summed E-state index contributed by atoms with van der Waals surface area (Å²) >= 11 is 1.68. The number of rotatable bonds is 4. The van der Waals surface area contributed by atoms with Gasteiger partial charge in [-0.2, -0.15) is 0 Å². The number of thioether (sulfide) groups is 1. The van der Waals surface area contributed by atoms with Crippen LogP contribution in [0.4, 0.5) is 5.69 Å². The Morgan fingerprint density at radius 3 is 2.58 bits per heavy atom. The molecule has 0 spiro atoms. The first-order valence-electron chi connectivity index (χ1n) is 6.26. The maximum atomic E-state index is 12.6. The van der Waals surface area contributed by atoms with E-state index in [9.17, 15) is 4.79 Å². The van der Waals surface area contributed by atoms with Gasteiger partial charge in [0.2, 0.25) is 0 Å². The van der Waals surface area contributed by atoms with Crippen LogP contribution in [0.2, 0.25) is 0 Å². The van der Waals surface area contributed by atoms with Crippen LogP contribution < -0.4 is 5.73 Å². The molecule has 0 aliphatic rings. The molecule has 3 heteroatoms. The van der Waals surface area contributed by atoms with E-state index in [0.717, 1.165) is 21.8 Å². The molecular weight excluding hydrogens is 254 g/mol. The Kier molecular flexibility index (Phi) is 4.27. The predicted molar refractivity (Wildman–Crippen MR) is 81.9 cm³/mol. The monoisotopic (exact) mass is 271 g/mol. The third kappa shape index (κ3) is 2.99. The predicted octanol–water partition coefficient (Wildman–Crippen LogP) is 3.92. The molecule has 19 heavy (non-hydrogen) atoms. The topological polar surface area (TPSA) is 43.1 Å². The van der Waals surface area contributed by atoms with E-state index in [4.69, 9.17) is 5.73 Å². The van der Waals surface area contributed by atoms with Crippen molar-refractivity contribution in [3.8, 4) is 0 Å². The summed E-state index contributed by atoms with van der Waals surface area (Å²) in [6.07, 6.45) is 0. The molecule has 0 bridgehead atoms. The number of carbonyl (C=O) groups excluding carboxylic acids is 1. The minimum absolute atomic E-state index is 0.00208. The Balaban J connectivity index is 2.49. The third-order valence-electron chi connectivity index (χ3n) is 2.88. The quantitative estimate of drug-likeness (QED) is 0.520. The summed E-state index contributed by atoms with van der Waals surface area (Å²) in [6, 6.07) is 13.2. The van der Waals surface area contributed by atoms with Crippen molar-refractivity contribution in [2.45, 2.75) is 18.7 Å². The first-order valence-corrected chi connectivity index (χ1v) is 7.24. The van der Waals surface area contributed by atoms with Crippen LogP contribution in [0, 0.1) is 6.92 Å². The fourth-order valence-corrected chi connectivity index (χ4v) is 2.73. The molecule has 2 aromatic carbocycles. The van der Waals surface area contributed by atoms with Gasteiger partial charge in [-0.15, -0.1) is 11.8 Å². The van der Waals surface area contributed by atoms with Gasteiger partial charge in [-0.25, -0.2) is 0 Å². The van der Waals surface area contributed by atoms with Crippen LogP contribution in [0.1, 0.15) is 28.4 Å². The van der Waals surface area contributed by atoms with Crippen molar-refractivity contribution in [3.63, 3.8) is 0 Å². The molecule has 0 saturated carbocycles. The number of ketones is 1. The van der Waals surface area contributed by atoms with Crippen molar-refractivity contribution < 1.29 is 4.79 Å². The van der Waals surface area contributed by atoms with Crippen LogP contribution in [0.5, 0.6) is 0 Å². The zero-order chi connectivity index (χ0) is 13.8. The summed E-state index contributed by atoms with van der Waals surface area (Å²) in [5.41, 5.74) is 8.82. The van der Waals surface area contributed by atoms with Gasteiger partial charge in [0.05, 0.1) is 0 Å². The summed E-state index contributed by atoms with van der Waals surface area (Å²) in [4.78, 5) is 13.6. The van der Waals surface area contributed by atoms with Crippen molar-refractivity contribution in [1.82, 2.24) is 0 Å². The van der Waals surface area contributed by atoms with Gasteiger partial charge >= 0.3 is 0 Å². The van der Waals surface area contributed by atoms with E-state index in [-0.39, 0.29) is 5.78 Å². The van der Waals surface area contributed by atoms with Gasteiger partial charge in [-0.3, -0.25) is 4.79 Å². The van der Waals surface area contributed by atoms with Crippen LogP contribution in [0.3, 0.4) is 0 Å². The number of nitrogen functional groups attached to an aromatic ring is 1. The van der Waals surface area contributed by atoms with E-state index in [2.05, 4.69) is 6.92 Å². The number of anilines is 1. The van der Waals surface area contributed by atoms with Gasteiger partial charge in [0.25, 0.3) is 0 Å². The summed E-state index contributed by atoms with van der Waals surface area (Å²) in [7, 11) is 0. The van der Waals surface area contributed by atoms with Crippen molar-refractivity contribution >= 4 is 23.2 Å². The Labute approximate surface area is 118 Å².